The zero-order valence-electron chi connectivity index (χ0n) is 5.90. The summed E-state index contributed by atoms with van der Waals surface area (Å²) in [6.07, 6.45) is 0. The van der Waals surface area contributed by atoms with Crippen LogP contribution in [0.25, 0.3) is 0 Å². The monoisotopic (exact) mass is 114 g/mol. The first-order valence-corrected chi connectivity index (χ1v) is 3.18. The van der Waals surface area contributed by atoms with E-state index in [9.17, 15) is 0 Å². The summed E-state index contributed by atoms with van der Waals surface area (Å²) in [5.74, 6) is 0.808. The third kappa shape index (κ3) is 1.03. The molecule has 0 bridgehead atoms. The van der Waals surface area contributed by atoms with Gasteiger partial charge in [-0.15, -0.1) is 0 Å². The van der Waals surface area contributed by atoms with Crippen LogP contribution in [0, 0.1) is 11.3 Å². The standard InChI is InChI=1S/C7H14O/c1-7(2,3)6-4-8-5-6/h6H,4-5H2,1-3H3. The second-order valence-corrected chi connectivity index (χ2v) is 3.60. The molecule has 8 heavy (non-hydrogen) atoms. The van der Waals surface area contributed by atoms with Crippen LogP contribution in [0.3, 0.4) is 0 Å². The van der Waals surface area contributed by atoms with Gasteiger partial charge in [0.2, 0.25) is 0 Å². The van der Waals surface area contributed by atoms with Crippen LogP contribution in [0.4, 0.5) is 0 Å². The molecule has 0 aliphatic carbocycles. The summed E-state index contributed by atoms with van der Waals surface area (Å²) in [5.41, 5.74) is 0.470. The van der Waals surface area contributed by atoms with Crippen molar-refractivity contribution in [3.05, 3.63) is 0 Å². The van der Waals surface area contributed by atoms with Crippen molar-refractivity contribution >= 4 is 0 Å². The number of ether oxygens (including phenoxy) is 1. The lowest BCUT2D eigenvalue weighted by Crippen LogP contribution is -2.37. The van der Waals surface area contributed by atoms with Crippen molar-refractivity contribution in [2.24, 2.45) is 11.3 Å². The molecule has 1 fully saturated rings. The molecule has 1 aliphatic heterocycles. The van der Waals surface area contributed by atoms with Gasteiger partial charge in [-0.2, -0.15) is 0 Å². The third-order valence-corrected chi connectivity index (χ3v) is 1.86. The summed E-state index contributed by atoms with van der Waals surface area (Å²) in [7, 11) is 0. The Morgan fingerprint density at radius 3 is 1.75 bits per heavy atom. The Morgan fingerprint density at radius 2 is 1.75 bits per heavy atom. The Bertz CT molecular complexity index is 76.9. The minimum atomic E-state index is 0.470. The van der Waals surface area contributed by atoms with E-state index < -0.39 is 0 Å². The highest BCUT2D eigenvalue weighted by atomic mass is 16.5. The zero-order chi connectivity index (χ0) is 6.20. The fourth-order valence-electron chi connectivity index (χ4n) is 0.736. The van der Waals surface area contributed by atoms with Crippen molar-refractivity contribution in [2.75, 3.05) is 13.2 Å². The van der Waals surface area contributed by atoms with Gasteiger partial charge in [-0.3, -0.25) is 0 Å². The van der Waals surface area contributed by atoms with Crippen molar-refractivity contribution in [1.82, 2.24) is 0 Å². The van der Waals surface area contributed by atoms with Crippen molar-refractivity contribution in [3.8, 4) is 0 Å². The molecule has 0 aromatic heterocycles. The van der Waals surface area contributed by atoms with Crippen molar-refractivity contribution in [3.63, 3.8) is 0 Å². The average Bonchev–Trinajstić information content (AvgIpc) is 1.16. The maximum absolute atomic E-state index is 5.06. The summed E-state index contributed by atoms with van der Waals surface area (Å²) in [6, 6.07) is 0. The van der Waals surface area contributed by atoms with Gasteiger partial charge < -0.3 is 4.74 Å². The Hall–Kier alpha value is -0.0400. The van der Waals surface area contributed by atoms with Crippen LogP contribution >= 0.6 is 0 Å². The van der Waals surface area contributed by atoms with Gasteiger partial charge in [-0.1, -0.05) is 20.8 Å². The second-order valence-electron chi connectivity index (χ2n) is 3.60. The Morgan fingerprint density at radius 1 is 1.25 bits per heavy atom. The molecule has 0 aromatic carbocycles. The van der Waals surface area contributed by atoms with E-state index in [1.165, 1.54) is 0 Å². The van der Waals surface area contributed by atoms with Crippen molar-refractivity contribution in [2.45, 2.75) is 20.8 Å². The topological polar surface area (TPSA) is 9.23 Å². The molecule has 0 spiro atoms. The zero-order valence-corrected chi connectivity index (χ0v) is 5.90. The van der Waals surface area contributed by atoms with E-state index in [2.05, 4.69) is 20.8 Å². The highest BCUT2D eigenvalue weighted by molar-refractivity contribution is 4.78. The van der Waals surface area contributed by atoms with E-state index in [1.807, 2.05) is 0 Å². The Kier molecular flexibility index (Phi) is 1.31. The second kappa shape index (κ2) is 1.73. The van der Waals surface area contributed by atoms with Gasteiger partial charge in [-0.05, 0) is 5.41 Å². The maximum Gasteiger partial charge on any atom is 0.0521 e. The summed E-state index contributed by atoms with van der Waals surface area (Å²) in [5, 5.41) is 0. The van der Waals surface area contributed by atoms with E-state index in [1.54, 1.807) is 0 Å². The number of hydrogen-bond acceptors (Lipinski definition) is 1. The molecule has 0 aromatic rings. The van der Waals surface area contributed by atoms with Crippen LogP contribution < -0.4 is 0 Å². The van der Waals surface area contributed by atoms with E-state index in [-0.39, 0.29) is 0 Å². The maximum atomic E-state index is 5.06. The van der Waals surface area contributed by atoms with Gasteiger partial charge in [0, 0.05) is 5.92 Å². The molecule has 0 radical (unpaired) electrons. The molecule has 1 aliphatic rings. The molecule has 0 amide bonds. The fourth-order valence-corrected chi connectivity index (χ4v) is 0.736. The summed E-state index contributed by atoms with van der Waals surface area (Å²) < 4.78 is 5.06. The van der Waals surface area contributed by atoms with Crippen LogP contribution in [0.2, 0.25) is 0 Å². The van der Waals surface area contributed by atoms with Crippen LogP contribution in [0.5, 0.6) is 0 Å². The van der Waals surface area contributed by atoms with E-state index in [0.29, 0.717) is 5.41 Å². The van der Waals surface area contributed by atoms with Crippen molar-refractivity contribution in [1.29, 1.82) is 0 Å². The predicted octanol–water partition coefficient (Wildman–Crippen LogP) is 1.68. The molecule has 48 valence electrons. The van der Waals surface area contributed by atoms with Crippen LogP contribution in [-0.2, 0) is 4.74 Å². The van der Waals surface area contributed by atoms with Gasteiger partial charge in [0.15, 0.2) is 0 Å². The van der Waals surface area contributed by atoms with E-state index in [4.69, 9.17) is 4.74 Å². The largest absolute Gasteiger partial charge is 0.381 e. The lowest BCUT2D eigenvalue weighted by Gasteiger charge is -2.37. The van der Waals surface area contributed by atoms with Gasteiger partial charge in [0.25, 0.3) is 0 Å². The average molecular weight is 114 g/mol. The molecule has 1 heteroatoms. The normalized spacial score (nSPS) is 22.9. The van der Waals surface area contributed by atoms with Crippen LogP contribution in [0.15, 0.2) is 0 Å². The lowest BCUT2D eigenvalue weighted by molar-refractivity contribution is -0.0821. The lowest BCUT2D eigenvalue weighted by atomic mass is 9.80. The molecule has 1 heterocycles. The van der Waals surface area contributed by atoms with Crippen LogP contribution in [0.1, 0.15) is 20.8 Å². The Balaban J connectivity index is 2.34. The minimum Gasteiger partial charge on any atom is -0.381 e. The van der Waals surface area contributed by atoms with Gasteiger partial charge in [-0.25, -0.2) is 0 Å². The highest BCUT2D eigenvalue weighted by Gasteiger charge is 2.30. The van der Waals surface area contributed by atoms with Crippen molar-refractivity contribution < 1.29 is 4.74 Å². The molecular weight excluding hydrogens is 100 g/mol. The molecule has 0 saturated carbocycles. The predicted molar refractivity (Wildman–Crippen MR) is 33.8 cm³/mol. The first-order chi connectivity index (χ1) is 3.61. The molecule has 1 saturated heterocycles. The smallest absolute Gasteiger partial charge is 0.0521 e. The molecule has 1 nitrogen and oxygen atoms in total. The minimum absolute atomic E-state index is 0.470. The Labute approximate surface area is 51.0 Å². The fraction of sp³-hybridized carbons (Fsp3) is 1.00. The first-order valence-electron chi connectivity index (χ1n) is 3.18. The molecule has 0 N–H and O–H groups in total. The summed E-state index contributed by atoms with van der Waals surface area (Å²) in [6.45, 7) is 8.74. The molecule has 1 rings (SSSR count). The quantitative estimate of drug-likeness (QED) is 0.465. The number of rotatable bonds is 0. The first kappa shape index (κ1) is 6.09. The van der Waals surface area contributed by atoms with E-state index in [0.717, 1.165) is 19.1 Å². The van der Waals surface area contributed by atoms with Gasteiger partial charge in [0.05, 0.1) is 13.2 Å². The molecular formula is C7H14O. The summed E-state index contributed by atoms with van der Waals surface area (Å²) in [4.78, 5) is 0. The van der Waals surface area contributed by atoms with E-state index >= 15 is 0 Å². The van der Waals surface area contributed by atoms with Crippen LogP contribution in [-0.4, -0.2) is 13.2 Å². The summed E-state index contributed by atoms with van der Waals surface area (Å²) >= 11 is 0. The third-order valence-electron chi connectivity index (χ3n) is 1.86. The van der Waals surface area contributed by atoms with Gasteiger partial charge >= 0.3 is 0 Å². The highest BCUT2D eigenvalue weighted by Crippen LogP contribution is 2.31. The SMILES string of the molecule is CC(C)(C)C1COC1. The molecule has 0 atom stereocenters. The number of hydrogen-bond donors (Lipinski definition) is 0. The molecule has 0 unspecified atom stereocenters. The van der Waals surface area contributed by atoms with Gasteiger partial charge in [0.1, 0.15) is 0 Å².